The maximum absolute atomic E-state index is 14.0. The molecule has 3 aliphatic rings. The molecule has 3 aromatic carbocycles. The van der Waals surface area contributed by atoms with Crippen LogP contribution in [0.4, 0.5) is 5.69 Å². The molecule has 1 heterocycles. The van der Waals surface area contributed by atoms with Crippen LogP contribution in [0.3, 0.4) is 0 Å². The van der Waals surface area contributed by atoms with E-state index in [-0.39, 0.29) is 35.3 Å². The Kier molecular flexibility index (Phi) is 6.10. The first-order valence-corrected chi connectivity index (χ1v) is 13.5. The molecule has 0 radical (unpaired) electrons. The number of para-hydroxylation sites is 1. The van der Waals surface area contributed by atoms with Gasteiger partial charge in [-0.25, -0.2) is 9.69 Å². The van der Waals surface area contributed by atoms with Crippen molar-refractivity contribution in [2.45, 2.75) is 33.8 Å². The lowest BCUT2D eigenvalue weighted by atomic mass is 9.85. The lowest BCUT2D eigenvalue weighted by Gasteiger charge is -2.23. The molecule has 3 aromatic rings. The minimum atomic E-state index is -0.541. The van der Waals surface area contributed by atoms with Crippen molar-refractivity contribution in [2.24, 2.45) is 23.7 Å². The van der Waals surface area contributed by atoms with Crippen molar-refractivity contribution in [3.63, 3.8) is 0 Å². The number of aryl methyl sites for hydroxylation is 2. The number of rotatable bonds is 5. The lowest BCUT2D eigenvalue weighted by Crippen LogP contribution is -2.34. The molecule has 2 bridgehead atoms. The van der Waals surface area contributed by atoms with Gasteiger partial charge in [-0.1, -0.05) is 83.9 Å². The molecule has 6 rings (SSSR count). The number of carbonyl (C=O) groups is 3. The zero-order valence-corrected chi connectivity index (χ0v) is 22.5. The van der Waals surface area contributed by atoms with Crippen LogP contribution in [0.15, 0.2) is 90.5 Å². The van der Waals surface area contributed by atoms with E-state index in [0.717, 1.165) is 22.3 Å². The van der Waals surface area contributed by atoms with Crippen LogP contribution in [-0.4, -0.2) is 23.9 Å². The summed E-state index contributed by atoms with van der Waals surface area (Å²) >= 11 is 0. The number of allylic oxidation sites excluding steroid dienone is 3. The van der Waals surface area contributed by atoms with E-state index in [9.17, 15) is 14.4 Å². The third-order valence-corrected chi connectivity index (χ3v) is 8.09. The molecule has 5 heteroatoms. The summed E-state index contributed by atoms with van der Waals surface area (Å²) in [5.41, 5.74) is 7.26. The minimum absolute atomic E-state index is 0.186. The molecule has 4 atom stereocenters. The Bertz CT molecular complexity index is 1460. The molecule has 5 nitrogen and oxygen atoms in total. The van der Waals surface area contributed by atoms with Crippen LogP contribution < -0.4 is 4.90 Å². The number of hydrogen-bond acceptors (Lipinski definition) is 4. The van der Waals surface area contributed by atoms with Crippen molar-refractivity contribution in [1.29, 1.82) is 0 Å². The van der Waals surface area contributed by atoms with Gasteiger partial charge in [0.1, 0.15) is 0 Å². The number of hydrogen-bond donors (Lipinski definition) is 0. The zero-order valence-electron chi connectivity index (χ0n) is 22.5. The Labute approximate surface area is 228 Å². The molecule has 196 valence electrons. The van der Waals surface area contributed by atoms with Gasteiger partial charge in [0, 0.05) is 11.8 Å². The van der Waals surface area contributed by atoms with Crippen LogP contribution in [0.25, 0.3) is 5.57 Å². The third-order valence-electron chi connectivity index (χ3n) is 8.09. The zero-order chi connectivity index (χ0) is 27.4. The fourth-order valence-corrected chi connectivity index (χ4v) is 6.39. The van der Waals surface area contributed by atoms with Crippen molar-refractivity contribution in [3.05, 3.63) is 118 Å². The summed E-state index contributed by atoms with van der Waals surface area (Å²) in [4.78, 5) is 42.1. The maximum atomic E-state index is 14.0. The summed E-state index contributed by atoms with van der Waals surface area (Å²) in [6.45, 7) is 7.67. The highest BCUT2D eigenvalue weighted by atomic mass is 16.5. The fraction of sp³-hybridized carbons (Fsp3) is 0.265. The Morgan fingerprint density at radius 1 is 0.744 bits per heavy atom. The summed E-state index contributed by atoms with van der Waals surface area (Å²) in [7, 11) is 0. The molecule has 39 heavy (non-hydrogen) atoms. The van der Waals surface area contributed by atoms with Crippen LogP contribution in [0, 0.1) is 37.5 Å². The number of benzene rings is 3. The molecular formula is C34H31NO4. The van der Waals surface area contributed by atoms with Crippen molar-refractivity contribution in [3.8, 4) is 0 Å². The first kappa shape index (κ1) is 25.1. The fourth-order valence-electron chi connectivity index (χ4n) is 6.39. The van der Waals surface area contributed by atoms with Gasteiger partial charge in [-0.15, -0.1) is 0 Å². The second-order valence-corrected chi connectivity index (χ2v) is 11.0. The molecule has 0 spiro atoms. The van der Waals surface area contributed by atoms with Gasteiger partial charge in [0.05, 0.1) is 29.2 Å². The predicted octanol–water partition coefficient (Wildman–Crippen LogP) is 6.29. The third kappa shape index (κ3) is 4.04. The highest BCUT2D eigenvalue weighted by molar-refractivity contribution is 6.25. The normalized spacial score (nSPS) is 23.1. The number of carbonyl (C=O) groups excluding carboxylic acids is 3. The first-order valence-electron chi connectivity index (χ1n) is 13.5. The Morgan fingerprint density at radius 3 is 1.72 bits per heavy atom. The molecule has 2 aliphatic carbocycles. The molecule has 2 fully saturated rings. The standard InChI is InChI=1S/C34H31NO4/c1-19(2)39-34(38)24-7-5-6-8-27(24)35-32(36)30-25-17-18-26(31(30)33(35)37)29(25)28(22-13-9-20(3)10-14-22)23-15-11-21(4)12-16-23/h5-19,25-26,30-31H,1-4H3/t25-,26-,30-,31+/m1/s1. The van der Waals surface area contributed by atoms with Crippen LogP contribution >= 0.6 is 0 Å². The van der Waals surface area contributed by atoms with E-state index in [4.69, 9.17) is 4.74 Å². The molecule has 0 unspecified atom stereocenters. The quantitative estimate of drug-likeness (QED) is 0.227. The Hall–Kier alpha value is -4.25. The van der Waals surface area contributed by atoms with E-state index < -0.39 is 17.8 Å². The molecular weight excluding hydrogens is 486 g/mol. The van der Waals surface area contributed by atoms with E-state index in [0.29, 0.717) is 5.69 Å². The minimum Gasteiger partial charge on any atom is -0.459 e. The van der Waals surface area contributed by atoms with Crippen LogP contribution in [0.2, 0.25) is 0 Å². The Balaban J connectivity index is 1.44. The van der Waals surface area contributed by atoms with E-state index in [2.05, 4.69) is 74.5 Å². The lowest BCUT2D eigenvalue weighted by molar-refractivity contribution is -0.122. The number of anilines is 1. The van der Waals surface area contributed by atoms with Crippen LogP contribution in [0.5, 0.6) is 0 Å². The van der Waals surface area contributed by atoms with E-state index in [1.165, 1.54) is 16.0 Å². The van der Waals surface area contributed by atoms with E-state index >= 15 is 0 Å². The van der Waals surface area contributed by atoms with Crippen molar-refractivity contribution >= 4 is 29.0 Å². The van der Waals surface area contributed by atoms with Crippen LogP contribution in [-0.2, 0) is 14.3 Å². The molecule has 1 saturated carbocycles. The number of ether oxygens (including phenoxy) is 1. The second kappa shape index (κ2) is 9.49. The summed E-state index contributed by atoms with van der Waals surface area (Å²) in [5.74, 6) is -2.42. The van der Waals surface area contributed by atoms with Crippen molar-refractivity contribution in [2.75, 3.05) is 4.90 Å². The smallest absolute Gasteiger partial charge is 0.340 e. The average molecular weight is 518 g/mol. The van der Waals surface area contributed by atoms with Crippen molar-refractivity contribution < 1.29 is 19.1 Å². The van der Waals surface area contributed by atoms with Crippen LogP contribution in [0.1, 0.15) is 46.5 Å². The largest absolute Gasteiger partial charge is 0.459 e. The number of fused-ring (bicyclic) bond motifs is 5. The number of imide groups is 1. The maximum Gasteiger partial charge on any atom is 0.340 e. The van der Waals surface area contributed by atoms with E-state index in [1.54, 1.807) is 38.1 Å². The topological polar surface area (TPSA) is 63.7 Å². The second-order valence-electron chi connectivity index (χ2n) is 11.0. The monoisotopic (exact) mass is 517 g/mol. The SMILES string of the molecule is Cc1ccc(C(=C2[C@H]3C=C[C@H]2[C@H]2C(=O)N(c4ccccc4C(=O)OC(C)C)C(=O)[C@H]23)c2ccc(C)cc2)cc1. The summed E-state index contributed by atoms with van der Waals surface area (Å²) < 4.78 is 5.41. The summed E-state index contributed by atoms with van der Waals surface area (Å²) in [6, 6.07) is 23.6. The first-order chi connectivity index (χ1) is 18.8. The molecule has 2 amide bonds. The van der Waals surface area contributed by atoms with Gasteiger partial charge in [-0.2, -0.15) is 0 Å². The van der Waals surface area contributed by atoms with Gasteiger partial charge < -0.3 is 4.74 Å². The average Bonchev–Trinajstić information content (AvgIpc) is 3.55. The van der Waals surface area contributed by atoms with Gasteiger partial charge in [0.25, 0.3) is 0 Å². The van der Waals surface area contributed by atoms with Gasteiger partial charge in [0.15, 0.2) is 0 Å². The van der Waals surface area contributed by atoms with Crippen molar-refractivity contribution in [1.82, 2.24) is 0 Å². The van der Waals surface area contributed by atoms with Gasteiger partial charge >= 0.3 is 5.97 Å². The van der Waals surface area contributed by atoms with E-state index in [1.807, 2.05) is 0 Å². The summed E-state index contributed by atoms with van der Waals surface area (Å²) in [5, 5.41) is 0. The number of esters is 1. The highest BCUT2D eigenvalue weighted by Crippen LogP contribution is 2.59. The summed E-state index contributed by atoms with van der Waals surface area (Å²) in [6.07, 6.45) is 3.87. The van der Waals surface area contributed by atoms with Gasteiger partial charge in [0.2, 0.25) is 11.8 Å². The molecule has 1 saturated heterocycles. The van der Waals surface area contributed by atoms with Gasteiger partial charge in [-0.3, -0.25) is 9.59 Å². The molecule has 0 N–H and O–H groups in total. The van der Waals surface area contributed by atoms with Gasteiger partial charge in [-0.05, 0) is 62.1 Å². The number of amides is 2. The highest BCUT2D eigenvalue weighted by Gasteiger charge is 2.62. The number of nitrogens with zero attached hydrogens (tertiary/aromatic N) is 1. The Morgan fingerprint density at radius 2 is 1.23 bits per heavy atom. The molecule has 1 aliphatic heterocycles. The predicted molar refractivity (Wildman–Crippen MR) is 151 cm³/mol. The molecule has 0 aromatic heterocycles.